The molecule has 0 saturated heterocycles. The Morgan fingerprint density at radius 1 is 1.18 bits per heavy atom. The molecule has 1 amide bonds. The quantitative estimate of drug-likeness (QED) is 0.416. The Hall–Kier alpha value is -0.980. The van der Waals surface area contributed by atoms with Gasteiger partial charge >= 0.3 is 0 Å². The lowest BCUT2D eigenvalue weighted by molar-refractivity contribution is -0.122. The summed E-state index contributed by atoms with van der Waals surface area (Å²) >= 11 is 0. The van der Waals surface area contributed by atoms with Crippen molar-refractivity contribution in [3.8, 4) is 0 Å². The van der Waals surface area contributed by atoms with E-state index in [9.17, 15) is 9.59 Å². The van der Waals surface area contributed by atoms with Crippen LogP contribution in [0.2, 0.25) is 0 Å². The number of ketones is 1. The maximum absolute atomic E-state index is 11.4. The molecule has 2 unspecified atom stereocenters. The molecule has 0 saturated carbocycles. The van der Waals surface area contributed by atoms with Crippen molar-refractivity contribution in [3.63, 3.8) is 0 Å². The Morgan fingerprint density at radius 2 is 1.82 bits per heavy atom. The first-order chi connectivity index (χ1) is 7.99. The van der Waals surface area contributed by atoms with Crippen LogP contribution in [0.25, 0.3) is 0 Å². The van der Waals surface area contributed by atoms with Gasteiger partial charge in [0.05, 0.1) is 25.4 Å². The van der Waals surface area contributed by atoms with Crippen LogP contribution in [0.1, 0.15) is 32.6 Å². The van der Waals surface area contributed by atoms with E-state index in [1.165, 1.54) is 6.92 Å². The van der Waals surface area contributed by atoms with Crippen LogP contribution >= 0.6 is 0 Å². The van der Waals surface area contributed by atoms with E-state index in [1.54, 1.807) is 0 Å². The number of hydrogen-bond acceptors (Lipinski definition) is 5. The molecule has 0 aromatic rings. The van der Waals surface area contributed by atoms with Crippen molar-refractivity contribution < 1.29 is 24.9 Å². The van der Waals surface area contributed by atoms with Crippen molar-refractivity contribution in [1.82, 2.24) is 5.32 Å². The largest absolute Gasteiger partial charge is 0.394 e. The van der Waals surface area contributed by atoms with E-state index >= 15 is 0 Å². The van der Waals surface area contributed by atoms with Gasteiger partial charge in [0.25, 0.3) is 0 Å². The van der Waals surface area contributed by atoms with E-state index in [-0.39, 0.29) is 31.1 Å². The topological polar surface area (TPSA) is 107 Å². The summed E-state index contributed by atoms with van der Waals surface area (Å²) in [5.74, 6) is -0.234. The smallest absolute Gasteiger partial charge is 0.220 e. The summed E-state index contributed by atoms with van der Waals surface area (Å²) in [7, 11) is 0. The number of rotatable bonds is 9. The summed E-state index contributed by atoms with van der Waals surface area (Å²) in [6.45, 7) is 0.762. The molecule has 2 atom stereocenters. The fraction of sp³-hybridized carbons (Fsp3) is 0.818. The minimum atomic E-state index is -0.954. The number of aliphatic hydroxyl groups is 3. The molecule has 0 aliphatic rings. The van der Waals surface area contributed by atoms with Gasteiger partial charge in [-0.2, -0.15) is 0 Å². The normalized spacial score (nSPS) is 14.1. The van der Waals surface area contributed by atoms with E-state index in [0.29, 0.717) is 12.8 Å². The van der Waals surface area contributed by atoms with Gasteiger partial charge in [0.15, 0.2) is 0 Å². The standard InChI is InChI=1S/C11H21NO5/c1-8(15)3-2-4-11(17)12-9(6-13)5-10(16)7-14/h9-10,13-14,16H,2-7H2,1H3,(H,12,17). The van der Waals surface area contributed by atoms with Crippen LogP contribution in [0.3, 0.4) is 0 Å². The Bertz CT molecular complexity index is 244. The number of aliphatic hydroxyl groups excluding tert-OH is 3. The highest BCUT2D eigenvalue weighted by Gasteiger charge is 2.15. The van der Waals surface area contributed by atoms with E-state index < -0.39 is 18.8 Å². The summed E-state index contributed by atoms with van der Waals surface area (Å²) < 4.78 is 0. The number of Topliss-reactive ketones (excluding diaryl/α,β-unsaturated/α-hetero) is 1. The molecule has 0 rings (SSSR count). The molecule has 17 heavy (non-hydrogen) atoms. The molecule has 100 valence electrons. The van der Waals surface area contributed by atoms with Gasteiger partial charge < -0.3 is 25.4 Å². The molecule has 0 aliphatic carbocycles. The average molecular weight is 247 g/mol. The molecular formula is C11H21NO5. The second kappa shape index (κ2) is 9.09. The molecule has 0 radical (unpaired) electrons. The van der Waals surface area contributed by atoms with E-state index in [0.717, 1.165) is 0 Å². The third-order valence-corrected chi connectivity index (χ3v) is 2.29. The van der Waals surface area contributed by atoms with Crippen molar-refractivity contribution in [1.29, 1.82) is 0 Å². The fourth-order valence-corrected chi connectivity index (χ4v) is 1.38. The highest BCUT2D eigenvalue weighted by molar-refractivity contribution is 5.78. The molecule has 0 aliphatic heterocycles. The van der Waals surface area contributed by atoms with Gasteiger partial charge in [-0.3, -0.25) is 4.79 Å². The molecule has 6 heteroatoms. The molecule has 0 aromatic heterocycles. The van der Waals surface area contributed by atoms with Gasteiger partial charge in [-0.05, 0) is 19.8 Å². The highest BCUT2D eigenvalue weighted by atomic mass is 16.3. The lowest BCUT2D eigenvalue weighted by atomic mass is 10.1. The van der Waals surface area contributed by atoms with Gasteiger partial charge in [0, 0.05) is 12.8 Å². The lowest BCUT2D eigenvalue weighted by Crippen LogP contribution is -2.40. The summed E-state index contributed by atoms with van der Waals surface area (Å²) in [4.78, 5) is 22.0. The minimum absolute atomic E-state index is 0.0345. The average Bonchev–Trinajstić information content (AvgIpc) is 2.27. The van der Waals surface area contributed by atoms with Gasteiger partial charge in [-0.1, -0.05) is 0 Å². The summed E-state index contributed by atoms with van der Waals surface area (Å²) in [5, 5.41) is 29.3. The van der Waals surface area contributed by atoms with Gasteiger partial charge in [-0.15, -0.1) is 0 Å². The Labute approximate surface area is 101 Å². The summed E-state index contributed by atoms with van der Waals surface area (Å²) in [6.07, 6.45) is 0.194. The fourth-order valence-electron chi connectivity index (χ4n) is 1.38. The van der Waals surface area contributed by atoms with Crippen LogP contribution in [-0.4, -0.2) is 52.4 Å². The minimum Gasteiger partial charge on any atom is -0.394 e. The molecule has 0 fully saturated rings. The molecule has 0 aromatic carbocycles. The van der Waals surface area contributed by atoms with Crippen molar-refractivity contribution >= 4 is 11.7 Å². The van der Waals surface area contributed by atoms with Crippen molar-refractivity contribution in [2.24, 2.45) is 0 Å². The van der Waals surface area contributed by atoms with Crippen LogP contribution in [0.15, 0.2) is 0 Å². The van der Waals surface area contributed by atoms with Crippen LogP contribution in [0.5, 0.6) is 0 Å². The monoisotopic (exact) mass is 247 g/mol. The maximum atomic E-state index is 11.4. The van der Waals surface area contributed by atoms with Gasteiger partial charge in [0.1, 0.15) is 5.78 Å². The van der Waals surface area contributed by atoms with Gasteiger partial charge in [-0.25, -0.2) is 0 Å². The molecule has 6 nitrogen and oxygen atoms in total. The van der Waals surface area contributed by atoms with E-state index in [1.807, 2.05) is 0 Å². The van der Waals surface area contributed by atoms with Crippen LogP contribution in [-0.2, 0) is 9.59 Å². The summed E-state index contributed by atoms with van der Waals surface area (Å²) in [6, 6.07) is -0.568. The third-order valence-electron chi connectivity index (χ3n) is 2.29. The number of nitrogens with one attached hydrogen (secondary N) is 1. The maximum Gasteiger partial charge on any atom is 0.220 e. The molecule has 0 bridgehead atoms. The Kier molecular flexibility index (Phi) is 8.57. The predicted molar refractivity (Wildman–Crippen MR) is 61.3 cm³/mol. The zero-order valence-corrected chi connectivity index (χ0v) is 10.1. The number of hydrogen-bond donors (Lipinski definition) is 4. The zero-order chi connectivity index (χ0) is 13.3. The summed E-state index contributed by atoms with van der Waals surface area (Å²) in [5.41, 5.74) is 0. The number of carbonyl (C=O) groups is 2. The Morgan fingerprint density at radius 3 is 2.29 bits per heavy atom. The third kappa shape index (κ3) is 8.79. The Balaban J connectivity index is 3.85. The van der Waals surface area contributed by atoms with Crippen molar-refractivity contribution in [2.75, 3.05) is 13.2 Å². The second-order valence-corrected chi connectivity index (χ2v) is 4.07. The second-order valence-electron chi connectivity index (χ2n) is 4.07. The van der Waals surface area contributed by atoms with Crippen molar-refractivity contribution in [2.45, 2.75) is 44.8 Å². The van der Waals surface area contributed by atoms with E-state index in [4.69, 9.17) is 15.3 Å². The highest BCUT2D eigenvalue weighted by Crippen LogP contribution is 2.00. The molecular weight excluding hydrogens is 226 g/mol. The van der Waals surface area contributed by atoms with Gasteiger partial charge in [0.2, 0.25) is 5.91 Å². The zero-order valence-electron chi connectivity index (χ0n) is 10.1. The first-order valence-corrected chi connectivity index (χ1v) is 5.68. The van der Waals surface area contributed by atoms with Crippen LogP contribution < -0.4 is 5.32 Å². The molecule has 0 heterocycles. The van der Waals surface area contributed by atoms with E-state index in [2.05, 4.69) is 5.32 Å². The lowest BCUT2D eigenvalue weighted by Gasteiger charge is -2.18. The molecule has 4 N–H and O–H groups in total. The first-order valence-electron chi connectivity index (χ1n) is 5.68. The predicted octanol–water partition coefficient (Wildman–Crippen LogP) is -1.03. The van der Waals surface area contributed by atoms with Crippen molar-refractivity contribution in [3.05, 3.63) is 0 Å². The van der Waals surface area contributed by atoms with Crippen LogP contribution in [0, 0.1) is 0 Å². The van der Waals surface area contributed by atoms with Crippen LogP contribution in [0.4, 0.5) is 0 Å². The SMILES string of the molecule is CC(=O)CCCC(=O)NC(CO)CC(O)CO. The number of carbonyl (C=O) groups excluding carboxylic acids is 2. The first kappa shape index (κ1) is 16.0. The molecule has 0 spiro atoms. The number of amides is 1.